The zero-order valence-corrected chi connectivity index (χ0v) is 15.4. The average Bonchev–Trinajstić information content (AvgIpc) is 2.60. The molecule has 0 saturated carbocycles. The van der Waals surface area contributed by atoms with E-state index in [9.17, 15) is 9.59 Å². The minimum atomic E-state index is -0.169. The summed E-state index contributed by atoms with van der Waals surface area (Å²) in [6.07, 6.45) is 1.90. The Bertz CT molecular complexity index is 732. The van der Waals surface area contributed by atoms with Crippen LogP contribution in [0.25, 0.3) is 0 Å². The van der Waals surface area contributed by atoms with Gasteiger partial charge in [-0.1, -0.05) is 18.2 Å². The minimum absolute atomic E-state index is 0.0135. The highest BCUT2D eigenvalue weighted by atomic mass is 16.5. The molecule has 0 aliphatic carbocycles. The largest absolute Gasteiger partial charge is 0.489 e. The monoisotopic (exact) mass is 355 g/mol. The number of anilines is 1. The average molecular weight is 355 g/mol. The van der Waals surface area contributed by atoms with Gasteiger partial charge in [-0.25, -0.2) is 0 Å². The second-order valence-electron chi connectivity index (χ2n) is 6.22. The Balaban J connectivity index is 1.93. The molecule has 0 atom stereocenters. The maximum Gasteiger partial charge on any atom is 0.226 e. The lowest BCUT2D eigenvalue weighted by Crippen LogP contribution is -2.32. The number of carbonyl (C=O) groups excluding carboxylic acids is 2. The third-order valence-electron chi connectivity index (χ3n) is 3.66. The summed E-state index contributed by atoms with van der Waals surface area (Å²) in [6.45, 7) is 6.07. The summed E-state index contributed by atoms with van der Waals surface area (Å²) >= 11 is 0. The van der Waals surface area contributed by atoms with Gasteiger partial charge in [-0.05, 0) is 38.1 Å². The molecule has 26 heavy (non-hydrogen) atoms. The van der Waals surface area contributed by atoms with Crippen LogP contribution in [-0.2, 0) is 16.1 Å². The standard InChI is InChI=1S/C20H25N3O3/c1-15(2)26-19-10-5-4-9-18(19)22-20(25)11-13-23(16(3)24)14-17-8-6-7-12-21-17/h4-10,12,15H,11,13-14H2,1-3H3,(H,22,25). The van der Waals surface area contributed by atoms with Crippen molar-refractivity contribution in [2.24, 2.45) is 0 Å². The van der Waals surface area contributed by atoms with Gasteiger partial charge in [0.2, 0.25) is 11.8 Å². The topological polar surface area (TPSA) is 71.5 Å². The molecule has 0 radical (unpaired) electrons. The Morgan fingerprint density at radius 3 is 2.54 bits per heavy atom. The number of hydrogen-bond donors (Lipinski definition) is 1. The first-order chi connectivity index (χ1) is 12.5. The summed E-state index contributed by atoms with van der Waals surface area (Å²) in [4.78, 5) is 30.0. The molecule has 0 fully saturated rings. The van der Waals surface area contributed by atoms with Crippen LogP contribution < -0.4 is 10.1 Å². The highest BCUT2D eigenvalue weighted by molar-refractivity contribution is 5.92. The summed E-state index contributed by atoms with van der Waals surface area (Å²) < 4.78 is 5.70. The van der Waals surface area contributed by atoms with Crippen LogP contribution in [0, 0.1) is 0 Å². The Kier molecular flexibility index (Phi) is 7.14. The van der Waals surface area contributed by atoms with Gasteiger partial charge in [-0.15, -0.1) is 0 Å². The van der Waals surface area contributed by atoms with E-state index < -0.39 is 0 Å². The van der Waals surface area contributed by atoms with Crippen molar-refractivity contribution in [3.8, 4) is 5.75 Å². The van der Waals surface area contributed by atoms with Gasteiger partial charge in [0.25, 0.3) is 0 Å². The van der Waals surface area contributed by atoms with Crippen LogP contribution in [-0.4, -0.2) is 34.3 Å². The maximum absolute atomic E-state index is 12.3. The Labute approximate surface area is 154 Å². The number of hydrogen-bond acceptors (Lipinski definition) is 4. The van der Waals surface area contributed by atoms with E-state index in [1.807, 2.05) is 50.2 Å². The second-order valence-corrected chi connectivity index (χ2v) is 6.22. The van der Waals surface area contributed by atoms with E-state index in [0.29, 0.717) is 24.5 Å². The van der Waals surface area contributed by atoms with Crippen LogP contribution >= 0.6 is 0 Å². The van der Waals surface area contributed by atoms with Crippen LogP contribution in [0.5, 0.6) is 5.75 Å². The van der Waals surface area contributed by atoms with E-state index in [4.69, 9.17) is 4.74 Å². The van der Waals surface area contributed by atoms with Crippen LogP contribution in [0.2, 0.25) is 0 Å². The molecule has 138 valence electrons. The lowest BCUT2D eigenvalue weighted by atomic mass is 10.2. The Morgan fingerprint density at radius 2 is 1.88 bits per heavy atom. The van der Waals surface area contributed by atoms with Gasteiger partial charge < -0.3 is 15.0 Å². The molecule has 1 N–H and O–H groups in total. The smallest absolute Gasteiger partial charge is 0.226 e. The molecular weight excluding hydrogens is 330 g/mol. The zero-order chi connectivity index (χ0) is 18.9. The van der Waals surface area contributed by atoms with Gasteiger partial charge in [-0.2, -0.15) is 0 Å². The fraction of sp³-hybridized carbons (Fsp3) is 0.350. The fourth-order valence-corrected chi connectivity index (χ4v) is 2.41. The Hall–Kier alpha value is -2.89. The number of nitrogens with zero attached hydrogens (tertiary/aromatic N) is 2. The summed E-state index contributed by atoms with van der Waals surface area (Å²) in [6, 6.07) is 12.9. The number of ether oxygens (including phenoxy) is 1. The molecule has 2 rings (SSSR count). The molecular formula is C20H25N3O3. The van der Waals surface area contributed by atoms with Gasteiger partial charge in [-0.3, -0.25) is 14.6 Å². The number of rotatable bonds is 8. The first kappa shape index (κ1) is 19.4. The fourth-order valence-electron chi connectivity index (χ4n) is 2.41. The van der Waals surface area contributed by atoms with Crippen molar-refractivity contribution >= 4 is 17.5 Å². The number of benzene rings is 1. The van der Waals surface area contributed by atoms with Gasteiger partial charge in [0.05, 0.1) is 24.0 Å². The number of carbonyl (C=O) groups is 2. The molecule has 0 aliphatic heterocycles. The summed E-state index contributed by atoms with van der Waals surface area (Å²) in [5.74, 6) is 0.372. The number of amides is 2. The van der Waals surface area contributed by atoms with Gasteiger partial charge in [0.1, 0.15) is 5.75 Å². The molecule has 0 saturated heterocycles. The van der Waals surface area contributed by atoms with E-state index >= 15 is 0 Å². The van der Waals surface area contributed by atoms with E-state index in [0.717, 1.165) is 5.69 Å². The summed E-state index contributed by atoms with van der Waals surface area (Å²) in [5, 5.41) is 2.86. The molecule has 0 unspecified atom stereocenters. The molecule has 0 spiro atoms. The molecule has 2 amide bonds. The molecule has 1 aromatic carbocycles. The van der Waals surface area contributed by atoms with E-state index in [1.165, 1.54) is 6.92 Å². The van der Waals surface area contributed by atoms with Gasteiger partial charge >= 0.3 is 0 Å². The summed E-state index contributed by atoms with van der Waals surface area (Å²) in [7, 11) is 0. The van der Waals surface area contributed by atoms with E-state index in [-0.39, 0.29) is 24.3 Å². The number of aromatic nitrogens is 1. The van der Waals surface area contributed by atoms with E-state index in [2.05, 4.69) is 10.3 Å². The van der Waals surface area contributed by atoms with Gasteiger partial charge in [0.15, 0.2) is 0 Å². The highest BCUT2D eigenvalue weighted by Crippen LogP contribution is 2.25. The predicted octanol–water partition coefficient (Wildman–Crippen LogP) is 3.25. The van der Waals surface area contributed by atoms with Crippen molar-refractivity contribution in [3.63, 3.8) is 0 Å². The highest BCUT2D eigenvalue weighted by Gasteiger charge is 2.14. The molecule has 1 aromatic heterocycles. The maximum atomic E-state index is 12.3. The summed E-state index contributed by atoms with van der Waals surface area (Å²) in [5.41, 5.74) is 1.42. The first-order valence-corrected chi connectivity index (χ1v) is 8.66. The van der Waals surface area contributed by atoms with E-state index in [1.54, 1.807) is 17.2 Å². The number of nitrogens with one attached hydrogen (secondary N) is 1. The first-order valence-electron chi connectivity index (χ1n) is 8.66. The molecule has 2 aromatic rings. The normalized spacial score (nSPS) is 10.5. The lowest BCUT2D eigenvalue weighted by Gasteiger charge is -2.20. The quantitative estimate of drug-likeness (QED) is 0.789. The van der Waals surface area contributed by atoms with Crippen molar-refractivity contribution in [2.75, 3.05) is 11.9 Å². The molecule has 0 bridgehead atoms. The molecule has 0 aliphatic rings. The third-order valence-corrected chi connectivity index (χ3v) is 3.66. The zero-order valence-electron chi connectivity index (χ0n) is 15.4. The SMILES string of the molecule is CC(=O)N(CCC(=O)Nc1ccccc1OC(C)C)Cc1ccccn1. The Morgan fingerprint density at radius 1 is 1.15 bits per heavy atom. The van der Waals surface area contributed by atoms with Crippen LogP contribution in [0.3, 0.4) is 0 Å². The minimum Gasteiger partial charge on any atom is -0.489 e. The molecule has 6 nitrogen and oxygen atoms in total. The lowest BCUT2D eigenvalue weighted by molar-refractivity contribution is -0.130. The van der Waals surface area contributed by atoms with Crippen molar-refractivity contribution in [1.29, 1.82) is 0 Å². The van der Waals surface area contributed by atoms with Crippen LogP contribution in [0.4, 0.5) is 5.69 Å². The van der Waals surface area contributed by atoms with Crippen LogP contribution in [0.1, 0.15) is 32.9 Å². The predicted molar refractivity (Wildman–Crippen MR) is 101 cm³/mol. The molecule has 1 heterocycles. The van der Waals surface area contributed by atoms with Crippen LogP contribution in [0.15, 0.2) is 48.7 Å². The second kappa shape index (κ2) is 9.56. The van der Waals surface area contributed by atoms with Crippen molar-refractivity contribution in [2.45, 2.75) is 39.8 Å². The third kappa shape index (κ3) is 6.20. The number of pyridine rings is 1. The van der Waals surface area contributed by atoms with Gasteiger partial charge in [0, 0.05) is 26.1 Å². The number of para-hydroxylation sites is 2. The van der Waals surface area contributed by atoms with Crippen molar-refractivity contribution in [1.82, 2.24) is 9.88 Å². The van der Waals surface area contributed by atoms with Crippen molar-refractivity contribution in [3.05, 3.63) is 54.4 Å². The van der Waals surface area contributed by atoms with Crippen molar-refractivity contribution < 1.29 is 14.3 Å². The molecule has 6 heteroatoms.